The minimum Gasteiger partial charge on any atom is -0.383 e. The third-order valence-corrected chi connectivity index (χ3v) is 3.39. The molecular weight excluding hydrogens is 266 g/mol. The molecule has 0 saturated carbocycles. The van der Waals surface area contributed by atoms with Crippen LogP contribution in [0.25, 0.3) is 0 Å². The lowest BCUT2D eigenvalue weighted by atomic mass is 10.1. The molecule has 0 heterocycles. The molecule has 0 N–H and O–H groups in total. The zero-order valence-electron chi connectivity index (χ0n) is 10.3. The first kappa shape index (κ1) is 13.5. The predicted octanol–water partition coefficient (Wildman–Crippen LogP) is 3.36. The Morgan fingerprint density at radius 2 is 2.12 bits per heavy atom. The smallest absolute Gasteiger partial charge is 0.0637 e. The number of hydrogen-bond donors (Lipinski definition) is 0. The van der Waals surface area contributed by atoms with Crippen LogP contribution in [0.4, 0.5) is 5.69 Å². The number of anilines is 1. The quantitative estimate of drug-likeness (QED) is 0.743. The molecular formula is C13H20BrNO. The maximum Gasteiger partial charge on any atom is 0.0637 e. The van der Waals surface area contributed by atoms with E-state index in [-0.39, 0.29) is 0 Å². The summed E-state index contributed by atoms with van der Waals surface area (Å²) in [6.07, 6.45) is 0. The summed E-state index contributed by atoms with van der Waals surface area (Å²) in [5, 5.41) is 0.920. The minimum atomic E-state index is 0.771. The molecule has 0 atom stereocenters. The van der Waals surface area contributed by atoms with Gasteiger partial charge in [0.15, 0.2) is 0 Å². The van der Waals surface area contributed by atoms with E-state index in [9.17, 15) is 0 Å². The van der Waals surface area contributed by atoms with Crippen molar-refractivity contribution in [3.63, 3.8) is 0 Å². The molecule has 0 fully saturated rings. The number of benzene rings is 1. The van der Waals surface area contributed by atoms with Crippen LogP contribution in [0.5, 0.6) is 0 Å². The van der Waals surface area contributed by atoms with Gasteiger partial charge in [-0.15, -0.1) is 0 Å². The summed E-state index contributed by atoms with van der Waals surface area (Å²) >= 11 is 3.50. The van der Waals surface area contributed by atoms with E-state index in [0.717, 1.165) is 25.0 Å². The second-order valence-corrected chi connectivity index (χ2v) is 4.38. The highest BCUT2D eigenvalue weighted by molar-refractivity contribution is 9.08. The van der Waals surface area contributed by atoms with Gasteiger partial charge in [0, 0.05) is 31.2 Å². The third kappa shape index (κ3) is 3.49. The molecule has 0 amide bonds. The first-order chi connectivity index (χ1) is 7.72. The second kappa shape index (κ2) is 6.92. The van der Waals surface area contributed by atoms with Crippen LogP contribution in [-0.4, -0.2) is 26.8 Å². The second-order valence-electron chi connectivity index (χ2n) is 3.82. The van der Waals surface area contributed by atoms with Gasteiger partial charge in [-0.05, 0) is 37.1 Å². The van der Waals surface area contributed by atoms with E-state index in [1.165, 1.54) is 16.8 Å². The maximum atomic E-state index is 5.12. The Balaban J connectivity index is 2.80. The van der Waals surface area contributed by atoms with Crippen LogP contribution >= 0.6 is 15.9 Å². The van der Waals surface area contributed by atoms with Gasteiger partial charge >= 0.3 is 0 Å². The number of aryl methyl sites for hydroxylation is 1. The molecule has 0 unspecified atom stereocenters. The summed E-state index contributed by atoms with van der Waals surface area (Å²) in [7, 11) is 1.74. The molecule has 0 radical (unpaired) electrons. The van der Waals surface area contributed by atoms with Gasteiger partial charge in [-0.25, -0.2) is 0 Å². The Morgan fingerprint density at radius 1 is 1.38 bits per heavy atom. The van der Waals surface area contributed by atoms with Gasteiger partial charge in [0.25, 0.3) is 0 Å². The Labute approximate surface area is 107 Å². The molecule has 3 heteroatoms. The summed E-state index contributed by atoms with van der Waals surface area (Å²) in [4.78, 5) is 2.33. The average Bonchev–Trinajstić information content (AvgIpc) is 2.30. The van der Waals surface area contributed by atoms with Crippen molar-refractivity contribution < 1.29 is 4.74 Å². The van der Waals surface area contributed by atoms with Crippen molar-refractivity contribution in [1.82, 2.24) is 0 Å². The molecule has 0 aliphatic carbocycles. The number of nitrogens with zero attached hydrogens (tertiary/aromatic N) is 1. The van der Waals surface area contributed by atoms with Crippen LogP contribution in [0, 0.1) is 6.92 Å². The summed E-state index contributed by atoms with van der Waals surface area (Å²) in [5.41, 5.74) is 3.97. The fourth-order valence-electron chi connectivity index (χ4n) is 1.70. The first-order valence-electron chi connectivity index (χ1n) is 5.62. The van der Waals surface area contributed by atoms with E-state index in [4.69, 9.17) is 4.74 Å². The molecule has 1 aromatic carbocycles. The molecule has 0 bridgehead atoms. The lowest BCUT2D eigenvalue weighted by Gasteiger charge is -2.23. The van der Waals surface area contributed by atoms with Crippen LogP contribution in [-0.2, 0) is 10.1 Å². The van der Waals surface area contributed by atoms with Crippen molar-refractivity contribution in [2.75, 3.05) is 31.7 Å². The number of methoxy groups -OCH3 is 1. The van der Waals surface area contributed by atoms with Crippen LogP contribution in [0.3, 0.4) is 0 Å². The molecule has 1 rings (SSSR count). The molecule has 0 spiro atoms. The Kier molecular flexibility index (Phi) is 5.85. The number of halogens is 1. The van der Waals surface area contributed by atoms with E-state index in [1.807, 2.05) is 0 Å². The van der Waals surface area contributed by atoms with Gasteiger partial charge in [0.05, 0.1) is 6.61 Å². The Morgan fingerprint density at radius 3 is 2.62 bits per heavy atom. The predicted molar refractivity (Wildman–Crippen MR) is 73.6 cm³/mol. The molecule has 16 heavy (non-hydrogen) atoms. The molecule has 0 aromatic heterocycles. The highest BCUT2D eigenvalue weighted by Gasteiger charge is 2.05. The van der Waals surface area contributed by atoms with Gasteiger partial charge in [0.2, 0.25) is 0 Å². The summed E-state index contributed by atoms with van der Waals surface area (Å²) in [5.74, 6) is 0. The maximum absolute atomic E-state index is 5.12. The lowest BCUT2D eigenvalue weighted by Crippen LogP contribution is -2.26. The number of hydrogen-bond acceptors (Lipinski definition) is 2. The van der Waals surface area contributed by atoms with Crippen molar-refractivity contribution in [3.05, 3.63) is 29.3 Å². The topological polar surface area (TPSA) is 12.5 Å². The van der Waals surface area contributed by atoms with Gasteiger partial charge in [-0.3, -0.25) is 0 Å². The van der Waals surface area contributed by atoms with Crippen LogP contribution in [0.1, 0.15) is 18.1 Å². The van der Waals surface area contributed by atoms with E-state index < -0.39 is 0 Å². The average molecular weight is 286 g/mol. The Hall–Kier alpha value is -0.540. The first-order valence-corrected chi connectivity index (χ1v) is 6.74. The normalized spacial score (nSPS) is 10.5. The molecule has 0 aliphatic rings. The standard InChI is InChI=1S/C13H20BrNO/c1-4-15(7-8-16-3)13-6-5-12(10-14)11(2)9-13/h5-6,9H,4,7-8,10H2,1-3H3. The van der Waals surface area contributed by atoms with E-state index in [1.54, 1.807) is 7.11 Å². The SMILES string of the molecule is CCN(CCOC)c1ccc(CBr)c(C)c1. The van der Waals surface area contributed by atoms with Crippen LogP contribution in [0.2, 0.25) is 0 Å². The summed E-state index contributed by atoms with van der Waals surface area (Å²) in [6.45, 7) is 7.05. The zero-order valence-corrected chi connectivity index (χ0v) is 11.9. The van der Waals surface area contributed by atoms with Gasteiger partial charge in [-0.2, -0.15) is 0 Å². The summed E-state index contributed by atoms with van der Waals surface area (Å²) in [6, 6.07) is 6.62. The molecule has 0 saturated heterocycles. The lowest BCUT2D eigenvalue weighted by molar-refractivity contribution is 0.205. The van der Waals surface area contributed by atoms with Crippen molar-refractivity contribution in [2.45, 2.75) is 19.2 Å². The third-order valence-electron chi connectivity index (χ3n) is 2.78. The Bertz CT molecular complexity index is 328. The minimum absolute atomic E-state index is 0.771. The van der Waals surface area contributed by atoms with Crippen molar-refractivity contribution in [3.8, 4) is 0 Å². The van der Waals surface area contributed by atoms with E-state index >= 15 is 0 Å². The van der Waals surface area contributed by atoms with Crippen LogP contribution < -0.4 is 4.90 Å². The highest BCUT2D eigenvalue weighted by atomic mass is 79.9. The van der Waals surface area contributed by atoms with E-state index in [2.05, 4.69) is 52.9 Å². The number of alkyl halides is 1. The monoisotopic (exact) mass is 285 g/mol. The van der Waals surface area contributed by atoms with Crippen molar-refractivity contribution >= 4 is 21.6 Å². The highest BCUT2D eigenvalue weighted by Crippen LogP contribution is 2.20. The number of ether oxygens (including phenoxy) is 1. The summed E-state index contributed by atoms with van der Waals surface area (Å²) < 4.78 is 5.12. The van der Waals surface area contributed by atoms with Crippen molar-refractivity contribution in [1.29, 1.82) is 0 Å². The van der Waals surface area contributed by atoms with Gasteiger partial charge in [0.1, 0.15) is 0 Å². The van der Waals surface area contributed by atoms with Crippen molar-refractivity contribution in [2.24, 2.45) is 0 Å². The number of likely N-dealkylation sites (N-methyl/N-ethyl adjacent to an activating group) is 1. The van der Waals surface area contributed by atoms with Crippen LogP contribution in [0.15, 0.2) is 18.2 Å². The van der Waals surface area contributed by atoms with Gasteiger partial charge in [-0.1, -0.05) is 22.0 Å². The fourth-order valence-corrected chi connectivity index (χ4v) is 2.33. The largest absolute Gasteiger partial charge is 0.383 e. The molecule has 90 valence electrons. The zero-order chi connectivity index (χ0) is 12.0. The van der Waals surface area contributed by atoms with Gasteiger partial charge < -0.3 is 9.64 Å². The fraction of sp³-hybridized carbons (Fsp3) is 0.538. The molecule has 1 aromatic rings. The number of rotatable bonds is 6. The molecule has 0 aliphatic heterocycles. The molecule has 2 nitrogen and oxygen atoms in total. The van der Waals surface area contributed by atoms with E-state index in [0.29, 0.717) is 0 Å².